The number of nitrogens with one attached hydrogen (secondary N) is 2. The summed E-state index contributed by atoms with van der Waals surface area (Å²) in [6.07, 6.45) is 5.88. The number of nitrogens with zero attached hydrogens (tertiary/aromatic N) is 1. The second-order valence-corrected chi connectivity index (χ2v) is 9.39. The molecular weight excluding hydrogens is 362 g/mol. The van der Waals surface area contributed by atoms with Gasteiger partial charge in [0.2, 0.25) is 10.0 Å². The fourth-order valence-corrected chi connectivity index (χ4v) is 5.35. The van der Waals surface area contributed by atoms with Crippen molar-refractivity contribution in [3.05, 3.63) is 29.8 Å². The fourth-order valence-electron chi connectivity index (χ4n) is 4.00. The molecule has 2 fully saturated rings. The smallest absolute Gasteiger partial charge is 0.253 e. The van der Waals surface area contributed by atoms with Gasteiger partial charge in [-0.1, -0.05) is 25.8 Å². The van der Waals surface area contributed by atoms with Crippen LogP contribution in [-0.4, -0.2) is 51.4 Å². The Balaban J connectivity index is 1.64. The van der Waals surface area contributed by atoms with E-state index >= 15 is 0 Å². The van der Waals surface area contributed by atoms with Crippen molar-refractivity contribution in [2.75, 3.05) is 26.2 Å². The summed E-state index contributed by atoms with van der Waals surface area (Å²) in [5.74, 6) is 0.533. The van der Waals surface area contributed by atoms with Gasteiger partial charge >= 0.3 is 0 Å². The van der Waals surface area contributed by atoms with E-state index in [-0.39, 0.29) is 16.8 Å². The van der Waals surface area contributed by atoms with Crippen LogP contribution >= 0.6 is 0 Å². The minimum Gasteiger partial charge on any atom is -0.339 e. The Bertz CT molecular complexity index is 737. The highest BCUT2D eigenvalue weighted by Gasteiger charge is 2.26. The predicted molar refractivity (Wildman–Crippen MR) is 106 cm³/mol. The number of piperidine rings is 1. The predicted octanol–water partition coefficient (Wildman–Crippen LogP) is 2.37. The molecule has 3 rings (SSSR count). The van der Waals surface area contributed by atoms with Crippen molar-refractivity contribution in [2.45, 2.75) is 56.4 Å². The number of likely N-dealkylation sites (tertiary alicyclic amines) is 1. The monoisotopic (exact) mass is 393 g/mol. The zero-order valence-electron chi connectivity index (χ0n) is 16.1. The maximum atomic E-state index is 12.8. The largest absolute Gasteiger partial charge is 0.339 e. The van der Waals surface area contributed by atoms with Crippen LogP contribution in [0.25, 0.3) is 0 Å². The Morgan fingerprint density at radius 2 is 1.85 bits per heavy atom. The van der Waals surface area contributed by atoms with Gasteiger partial charge in [0.15, 0.2) is 0 Å². The van der Waals surface area contributed by atoms with Gasteiger partial charge in [-0.25, -0.2) is 13.1 Å². The lowest BCUT2D eigenvalue weighted by molar-refractivity contribution is 0.0690. The third kappa shape index (κ3) is 5.30. The van der Waals surface area contributed by atoms with Gasteiger partial charge in [-0.05, 0) is 62.9 Å². The molecule has 7 heteroatoms. The van der Waals surface area contributed by atoms with E-state index < -0.39 is 10.0 Å². The molecular formula is C20H31N3O3S. The zero-order valence-corrected chi connectivity index (χ0v) is 16.9. The van der Waals surface area contributed by atoms with Crippen molar-refractivity contribution >= 4 is 15.9 Å². The Morgan fingerprint density at radius 3 is 2.52 bits per heavy atom. The van der Waals surface area contributed by atoms with E-state index in [1.807, 2.05) is 4.90 Å². The summed E-state index contributed by atoms with van der Waals surface area (Å²) < 4.78 is 28.1. The summed E-state index contributed by atoms with van der Waals surface area (Å²) in [5, 5.41) is 3.37. The van der Waals surface area contributed by atoms with Crippen LogP contribution in [0.3, 0.4) is 0 Å². The minimum absolute atomic E-state index is 0.0186. The van der Waals surface area contributed by atoms with Crippen molar-refractivity contribution in [2.24, 2.45) is 5.92 Å². The molecule has 0 unspecified atom stereocenters. The molecule has 1 saturated heterocycles. The Hall–Kier alpha value is -1.44. The number of amides is 1. The number of hydrogen-bond donors (Lipinski definition) is 2. The molecule has 1 amide bonds. The Morgan fingerprint density at radius 1 is 1.15 bits per heavy atom. The third-order valence-corrected chi connectivity index (χ3v) is 7.17. The highest BCUT2D eigenvalue weighted by molar-refractivity contribution is 7.89. The number of sulfonamides is 1. The lowest BCUT2D eigenvalue weighted by Gasteiger charge is -2.32. The fraction of sp³-hybridized carbons (Fsp3) is 0.650. The Labute approximate surface area is 162 Å². The first-order valence-electron chi connectivity index (χ1n) is 10.1. The normalized spacial score (nSPS) is 19.5. The molecule has 1 aliphatic heterocycles. The standard InChI is InChI=1S/C20H31N3O3S/c1-2-21-15-16-10-12-23(13-11-16)20(24)17-6-5-9-19(14-17)27(25,26)22-18-7-3-4-8-18/h5-6,9,14,16,18,21-22H,2-4,7-8,10-13,15H2,1H3. The second-order valence-electron chi connectivity index (χ2n) is 7.67. The maximum Gasteiger partial charge on any atom is 0.253 e. The van der Waals surface area contributed by atoms with Crippen LogP contribution in [0.2, 0.25) is 0 Å². The molecule has 0 atom stereocenters. The molecule has 1 aromatic rings. The minimum atomic E-state index is -3.58. The second kappa shape index (κ2) is 9.17. The van der Waals surface area contributed by atoms with Crippen LogP contribution in [0.15, 0.2) is 29.2 Å². The molecule has 150 valence electrons. The summed E-state index contributed by atoms with van der Waals surface area (Å²) in [5.41, 5.74) is 0.453. The van der Waals surface area contributed by atoms with Crippen molar-refractivity contribution < 1.29 is 13.2 Å². The van der Waals surface area contributed by atoms with Gasteiger partial charge < -0.3 is 10.2 Å². The van der Waals surface area contributed by atoms with Gasteiger partial charge in [0, 0.05) is 24.7 Å². The summed E-state index contributed by atoms with van der Waals surface area (Å²) >= 11 is 0. The van der Waals surface area contributed by atoms with Crippen LogP contribution in [0.1, 0.15) is 55.8 Å². The Kier molecular flexibility index (Phi) is 6.89. The molecule has 0 spiro atoms. The number of hydrogen-bond acceptors (Lipinski definition) is 4. The van der Waals surface area contributed by atoms with E-state index in [2.05, 4.69) is 17.0 Å². The molecule has 6 nitrogen and oxygen atoms in total. The third-order valence-electron chi connectivity index (χ3n) is 5.65. The van der Waals surface area contributed by atoms with Gasteiger partial charge in [0.1, 0.15) is 0 Å². The number of benzene rings is 1. The van der Waals surface area contributed by atoms with E-state index in [0.29, 0.717) is 11.5 Å². The van der Waals surface area contributed by atoms with Crippen LogP contribution in [-0.2, 0) is 10.0 Å². The molecule has 2 N–H and O–H groups in total. The quantitative estimate of drug-likeness (QED) is 0.745. The average molecular weight is 394 g/mol. The topological polar surface area (TPSA) is 78.5 Å². The lowest BCUT2D eigenvalue weighted by Crippen LogP contribution is -2.40. The van der Waals surface area contributed by atoms with Crippen LogP contribution in [0, 0.1) is 5.92 Å². The first-order chi connectivity index (χ1) is 13.0. The number of carbonyl (C=O) groups is 1. The van der Waals surface area contributed by atoms with Gasteiger partial charge in [0.25, 0.3) is 5.91 Å². The first-order valence-corrected chi connectivity index (χ1v) is 11.6. The molecule has 1 aromatic carbocycles. The van der Waals surface area contributed by atoms with Gasteiger partial charge in [-0.15, -0.1) is 0 Å². The molecule has 1 heterocycles. The van der Waals surface area contributed by atoms with E-state index in [0.717, 1.165) is 64.7 Å². The van der Waals surface area contributed by atoms with Gasteiger partial charge in [-0.2, -0.15) is 0 Å². The van der Waals surface area contributed by atoms with Crippen LogP contribution < -0.4 is 10.0 Å². The zero-order chi connectivity index (χ0) is 19.3. The van der Waals surface area contributed by atoms with Crippen molar-refractivity contribution in [3.8, 4) is 0 Å². The molecule has 0 aromatic heterocycles. The number of carbonyl (C=O) groups excluding carboxylic acids is 1. The molecule has 0 radical (unpaired) electrons. The molecule has 0 bridgehead atoms. The van der Waals surface area contributed by atoms with Gasteiger partial charge in [-0.3, -0.25) is 4.79 Å². The van der Waals surface area contributed by atoms with E-state index in [1.165, 1.54) is 6.07 Å². The van der Waals surface area contributed by atoms with Gasteiger partial charge in [0.05, 0.1) is 4.90 Å². The first kappa shape index (κ1) is 20.3. The summed E-state index contributed by atoms with van der Waals surface area (Å²) in [6.45, 7) is 5.52. The maximum absolute atomic E-state index is 12.8. The van der Waals surface area contributed by atoms with Crippen LogP contribution in [0.4, 0.5) is 0 Å². The lowest BCUT2D eigenvalue weighted by atomic mass is 9.96. The molecule has 27 heavy (non-hydrogen) atoms. The molecule has 1 aliphatic carbocycles. The van der Waals surface area contributed by atoms with Crippen molar-refractivity contribution in [1.82, 2.24) is 14.9 Å². The van der Waals surface area contributed by atoms with Crippen molar-refractivity contribution in [1.29, 1.82) is 0 Å². The number of rotatable bonds is 7. The van der Waals surface area contributed by atoms with Crippen LogP contribution in [0.5, 0.6) is 0 Å². The van der Waals surface area contributed by atoms with E-state index in [9.17, 15) is 13.2 Å². The van der Waals surface area contributed by atoms with E-state index in [1.54, 1.807) is 18.2 Å². The van der Waals surface area contributed by atoms with Crippen molar-refractivity contribution in [3.63, 3.8) is 0 Å². The highest BCUT2D eigenvalue weighted by Crippen LogP contribution is 2.22. The summed E-state index contributed by atoms with van der Waals surface area (Å²) in [6, 6.07) is 6.47. The average Bonchev–Trinajstić information content (AvgIpc) is 3.18. The van der Waals surface area contributed by atoms with E-state index in [4.69, 9.17) is 0 Å². The molecule has 1 saturated carbocycles. The SMILES string of the molecule is CCNCC1CCN(C(=O)c2cccc(S(=O)(=O)NC3CCCC3)c2)CC1. The molecule has 2 aliphatic rings. The summed E-state index contributed by atoms with van der Waals surface area (Å²) in [4.78, 5) is 14.9. The summed E-state index contributed by atoms with van der Waals surface area (Å²) in [7, 11) is -3.58. The highest BCUT2D eigenvalue weighted by atomic mass is 32.2.